The van der Waals surface area contributed by atoms with Gasteiger partial charge in [-0.3, -0.25) is 0 Å². The summed E-state index contributed by atoms with van der Waals surface area (Å²) in [7, 11) is 0. The predicted octanol–water partition coefficient (Wildman–Crippen LogP) is 1.24. The van der Waals surface area contributed by atoms with Crippen molar-refractivity contribution in [2.24, 2.45) is 5.41 Å². The van der Waals surface area contributed by atoms with E-state index in [1.54, 1.807) is 0 Å². The van der Waals surface area contributed by atoms with Gasteiger partial charge in [0.1, 0.15) is 0 Å². The van der Waals surface area contributed by atoms with Crippen molar-refractivity contribution in [1.29, 1.82) is 0 Å². The molecule has 1 saturated heterocycles. The van der Waals surface area contributed by atoms with E-state index in [1.165, 1.54) is 19.3 Å². The maximum atomic E-state index is 5.49. The highest BCUT2D eigenvalue weighted by Crippen LogP contribution is 2.63. The monoisotopic (exact) mass is 193 g/mol. The van der Waals surface area contributed by atoms with Gasteiger partial charge in [0.05, 0.1) is 0 Å². The molecule has 76 valence electrons. The van der Waals surface area contributed by atoms with Gasteiger partial charge in [0, 0.05) is 12.8 Å². The maximum Gasteiger partial charge on any atom is 0.220 e. The first-order chi connectivity index (χ1) is 6.80. The summed E-state index contributed by atoms with van der Waals surface area (Å²) in [6.45, 7) is 4.14. The Kier molecular flexibility index (Phi) is 1.68. The summed E-state index contributed by atoms with van der Waals surface area (Å²) < 4.78 is 5.49. The van der Waals surface area contributed by atoms with Crippen molar-refractivity contribution in [3.8, 4) is 0 Å². The summed E-state index contributed by atoms with van der Waals surface area (Å²) in [5, 5.41) is 11.4. The normalized spacial score (nSPS) is 29.4. The van der Waals surface area contributed by atoms with Gasteiger partial charge in [-0.25, -0.2) is 0 Å². The van der Waals surface area contributed by atoms with E-state index < -0.39 is 0 Å². The van der Waals surface area contributed by atoms with Gasteiger partial charge in [-0.1, -0.05) is 0 Å². The minimum atomic E-state index is 0.504. The fraction of sp³-hybridized carbons (Fsp3) is 0.800. The van der Waals surface area contributed by atoms with Crippen LogP contribution in [-0.4, -0.2) is 23.3 Å². The molecule has 0 amide bonds. The number of hydrogen-bond donors (Lipinski definition) is 1. The van der Waals surface area contributed by atoms with Gasteiger partial charge in [0.15, 0.2) is 0 Å². The highest BCUT2D eigenvalue weighted by molar-refractivity contribution is 5.17. The van der Waals surface area contributed by atoms with Crippen LogP contribution in [0.3, 0.4) is 0 Å². The van der Waals surface area contributed by atoms with Crippen LogP contribution in [0.5, 0.6) is 0 Å². The molecule has 1 aliphatic carbocycles. The molecule has 0 aromatic carbocycles. The fourth-order valence-corrected chi connectivity index (χ4v) is 2.63. The molecule has 1 aromatic rings. The first-order valence-corrected chi connectivity index (χ1v) is 5.31. The summed E-state index contributed by atoms with van der Waals surface area (Å²) in [6, 6.07) is 0. The van der Waals surface area contributed by atoms with E-state index in [1.807, 2.05) is 6.92 Å². The summed E-state index contributed by atoms with van der Waals surface area (Å²) >= 11 is 0. The lowest BCUT2D eigenvalue weighted by atomic mass is 9.92. The Morgan fingerprint density at radius 1 is 1.36 bits per heavy atom. The molecule has 0 bridgehead atoms. The largest absolute Gasteiger partial charge is 0.425 e. The smallest absolute Gasteiger partial charge is 0.220 e. The number of nitrogens with one attached hydrogen (secondary N) is 1. The topological polar surface area (TPSA) is 51.0 Å². The Balaban J connectivity index is 1.77. The second kappa shape index (κ2) is 2.79. The van der Waals surface area contributed by atoms with Crippen LogP contribution in [0.2, 0.25) is 0 Å². The molecule has 4 nitrogen and oxygen atoms in total. The van der Waals surface area contributed by atoms with Crippen molar-refractivity contribution < 1.29 is 4.42 Å². The molecule has 1 aliphatic heterocycles. The van der Waals surface area contributed by atoms with Crippen LogP contribution in [0.25, 0.3) is 0 Å². The zero-order valence-electron chi connectivity index (χ0n) is 8.42. The third-order valence-corrected chi connectivity index (χ3v) is 3.63. The lowest BCUT2D eigenvalue weighted by molar-refractivity contribution is 0.326. The molecule has 4 heteroatoms. The van der Waals surface area contributed by atoms with Crippen LogP contribution >= 0.6 is 0 Å². The van der Waals surface area contributed by atoms with Gasteiger partial charge in [0.2, 0.25) is 11.8 Å². The summed E-state index contributed by atoms with van der Waals surface area (Å²) in [4.78, 5) is 0. The predicted molar refractivity (Wildman–Crippen MR) is 50.9 cm³/mol. The molecule has 1 atom stereocenters. The minimum Gasteiger partial charge on any atom is -0.425 e. The molecule has 2 heterocycles. The second-order valence-corrected chi connectivity index (χ2v) is 4.53. The zero-order chi connectivity index (χ0) is 9.60. The van der Waals surface area contributed by atoms with Crippen LogP contribution in [-0.2, 0) is 0 Å². The Bertz CT molecular complexity index is 341. The van der Waals surface area contributed by atoms with Gasteiger partial charge in [-0.05, 0) is 37.8 Å². The van der Waals surface area contributed by atoms with Crippen LogP contribution in [0.4, 0.5) is 0 Å². The van der Waals surface area contributed by atoms with E-state index in [4.69, 9.17) is 4.42 Å². The molecule has 2 fully saturated rings. The van der Waals surface area contributed by atoms with E-state index in [0.29, 0.717) is 17.2 Å². The van der Waals surface area contributed by atoms with E-state index in [2.05, 4.69) is 15.5 Å². The van der Waals surface area contributed by atoms with Crippen molar-refractivity contribution in [2.45, 2.75) is 32.1 Å². The number of rotatable bonds is 1. The van der Waals surface area contributed by atoms with E-state index >= 15 is 0 Å². The number of aryl methyl sites for hydroxylation is 1. The van der Waals surface area contributed by atoms with E-state index in [-0.39, 0.29) is 0 Å². The highest BCUT2D eigenvalue weighted by atomic mass is 16.4. The van der Waals surface area contributed by atoms with Crippen molar-refractivity contribution in [1.82, 2.24) is 15.5 Å². The number of aromatic nitrogens is 2. The minimum absolute atomic E-state index is 0.504. The van der Waals surface area contributed by atoms with Crippen molar-refractivity contribution >= 4 is 0 Å². The summed E-state index contributed by atoms with van der Waals surface area (Å²) in [5.74, 6) is 2.10. The molecule has 0 radical (unpaired) electrons. The van der Waals surface area contributed by atoms with Crippen LogP contribution in [0, 0.1) is 12.3 Å². The number of hydrogen-bond acceptors (Lipinski definition) is 4. The SMILES string of the molecule is Cc1nnc([C@@H]2CC23CCNCC3)o1. The second-order valence-electron chi connectivity index (χ2n) is 4.53. The third kappa shape index (κ3) is 1.17. The fourth-order valence-electron chi connectivity index (χ4n) is 2.63. The van der Waals surface area contributed by atoms with Crippen LogP contribution < -0.4 is 5.32 Å². The molecule has 0 unspecified atom stereocenters. The lowest BCUT2D eigenvalue weighted by Gasteiger charge is -2.22. The molecule has 3 rings (SSSR count). The Hall–Kier alpha value is -0.900. The number of piperidine rings is 1. The van der Waals surface area contributed by atoms with Crippen LogP contribution in [0.15, 0.2) is 4.42 Å². The first kappa shape index (κ1) is 8.41. The van der Waals surface area contributed by atoms with E-state index in [9.17, 15) is 0 Å². The third-order valence-electron chi connectivity index (χ3n) is 3.63. The van der Waals surface area contributed by atoms with Gasteiger partial charge in [-0.15, -0.1) is 10.2 Å². The van der Waals surface area contributed by atoms with Crippen molar-refractivity contribution in [2.75, 3.05) is 13.1 Å². The number of nitrogens with zero attached hydrogens (tertiary/aromatic N) is 2. The molecule has 1 N–H and O–H groups in total. The molecular weight excluding hydrogens is 178 g/mol. The standard InChI is InChI=1S/C10H15N3O/c1-7-12-13-9(14-7)8-6-10(8)2-4-11-5-3-10/h8,11H,2-6H2,1H3/t8-/m0/s1. The van der Waals surface area contributed by atoms with Crippen molar-refractivity contribution in [3.63, 3.8) is 0 Å². The quantitative estimate of drug-likeness (QED) is 0.729. The Morgan fingerprint density at radius 3 is 2.79 bits per heavy atom. The van der Waals surface area contributed by atoms with Crippen molar-refractivity contribution in [3.05, 3.63) is 11.8 Å². The van der Waals surface area contributed by atoms with Crippen LogP contribution in [0.1, 0.15) is 37.0 Å². The average Bonchev–Trinajstić information content (AvgIpc) is 2.70. The molecular formula is C10H15N3O. The Morgan fingerprint density at radius 2 is 2.14 bits per heavy atom. The van der Waals surface area contributed by atoms with Gasteiger partial charge >= 0.3 is 0 Å². The Labute approximate surface area is 83.1 Å². The highest BCUT2D eigenvalue weighted by Gasteiger charge is 2.57. The molecule has 1 saturated carbocycles. The molecule has 14 heavy (non-hydrogen) atoms. The summed E-state index contributed by atoms with van der Waals surface area (Å²) in [5.41, 5.74) is 0.504. The lowest BCUT2D eigenvalue weighted by Crippen LogP contribution is -2.29. The molecule has 1 spiro atoms. The average molecular weight is 193 g/mol. The zero-order valence-corrected chi connectivity index (χ0v) is 8.42. The summed E-state index contributed by atoms with van der Waals surface area (Å²) in [6.07, 6.45) is 3.77. The molecule has 1 aromatic heterocycles. The maximum absolute atomic E-state index is 5.49. The van der Waals surface area contributed by atoms with Gasteiger partial charge in [-0.2, -0.15) is 0 Å². The van der Waals surface area contributed by atoms with Gasteiger partial charge in [0.25, 0.3) is 0 Å². The van der Waals surface area contributed by atoms with E-state index in [0.717, 1.165) is 19.0 Å². The first-order valence-electron chi connectivity index (χ1n) is 5.31. The molecule has 2 aliphatic rings. The van der Waals surface area contributed by atoms with Gasteiger partial charge < -0.3 is 9.73 Å².